The average Bonchev–Trinajstić information content (AvgIpc) is 2.01. The molecular formula is C9H10BrFO2. The van der Waals surface area contributed by atoms with Crippen molar-refractivity contribution < 1.29 is 14.3 Å². The third kappa shape index (κ3) is 2.18. The van der Waals surface area contributed by atoms with Crippen molar-refractivity contribution in [2.24, 2.45) is 5.92 Å². The van der Waals surface area contributed by atoms with Gasteiger partial charge in [-0.3, -0.25) is 4.79 Å². The second kappa shape index (κ2) is 3.62. The summed E-state index contributed by atoms with van der Waals surface area (Å²) in [4.78, 5) is 10.6. The van der Waals surface area contributed by atoms with E-state index in [0.29, 0.717) is 5.33 Å². The van der Waals surface area contributed by atoms with Gasteiger partial charge in [-0.2, -0.15) is 0 Å². The van der Waals surface area contributed by atoms with E-state index in [1.54, 1.807) is 6.08 Å². The zero-order valence-corrected chi connectivity index (χ0v) is 8.71. The zero-order valence-electron chi connectivity index (χ0n) is 7.13. The second-order valence-corrected chi connectivity index (χ2v) is 3.74. The molecule has 0 fully saturated rings. The van der Waals surface area contributed by atoms with Gasteiger partial charge >= 0.3 is 5.97 Å². The van der Waals surface area contributed by atoms with Gasteiger partial charge in [-0.15, -0.1) is 0 Å². The summed E-state index contributed by atoms with van der Waals surface area (Å²) in [6.07, 6.45) is 4.37. The first-order valence-electron chi connectivity index (χ1n) is 3.85. The number of aliphatic carboxylic acids is 1. The minimum atomic E-state index is -1.79. The van der Waals surface area contributed by atoms with E-state index >= 15 is 0 Å². The lowest BCUT2D eigenvalue weighted by molar-refractivity contribution is -0.143. The van der Waals surface area contributed by atoms with Gasteiger partial charge in [0, 0.05) is 5.33 Å². The van der Waals surface area contributed by atoms with E-state index in [9.17, 15) is 9.18 Å². The Morgan fingerprint density at radius 2 is 2.46 bits per heavy atom. The highest BCUT2D eigenvalue weighted by Crippen LogP contribution is 2.31. The molecule has 72 valence electrons. The van der Waals surface area contributed by atoms with Crippen LogP contribution in [0.1, 0.15) is 6.92 Å². The molecule has 0 aromatic rings. The van der Waals surface area contributed by atoms with Gasteiger partial charge in [0.2, 0.25) is 0 Å². The Balaban J connectivity index is 2.94. The van der Waals surface area contributed by atoms with E-state index in [-0.39, 0.29) is 0 Å². The Morgan fingerprint density at radius 3 is 2.85 bits per heavy atom. The van der Waals surface area contributed by atoms with Crippen LogP contribution >= 0.6 is 15.9 Å². The fraction of sp³-hybridized carbons (Fsp3) is 0.444. The van der Waals surface area contributed by atoms with E-state index in [0.717, 1.165) is 5.57 Å². The molecular weight excluding hydrogens is 239 g/mol. The fourth-order valence-corrected chi connectivity index (χ4v) is 1.66. The van der Waals surface area contributed by atoms with Crippen LogP contribution in [-0.2, 0) is 4.79 Å². The van der Waals surface area contributed by atoms with E-state index < -0.39 is 17.6 Å². The predicted molar refractivity (Wildman–Crippen MR) is 51.7 cm³/mol. The summed E-state index contributed by atoms with van der Waals surface area (Å²) >= 11 is 3.19. The van der Waals surface area contributed by atoms with E-state index in [1.807, 2.05) is 0 Å². The molecule has 0 amide bonds. The number of hydrogen-bond acceptors (Lipinski definition) is 1. The van der Waals surface area contributed by atoms with Crippen LogP contribution in [0, 0.1) is 5.92 Å². The summed E-state index contributed by atoms with van der Waals surface area (Å²) in [5.74, 6) is -2.21. The summed E-state index contributed by atoms with van der Waals surface area (Å²) < 4.78 is 13.7. The number of halogens is 2. The molecule has 1 aliphatic carbocycles. The van der Waals surface area contributed by atoms with Gasteiger partial charge in [-0.25, -0.2) is 4.39 Å². The number of hydrogen-bond donors (Lipinski definition) is 1. The lowest BCUT2D eigenvalue weighted by Crippen LogP contribution is -2.34. The van der Waals surface area contributed by atoms with Gasteiger partial charge in [-0.05, 0) is 18.6 Å². The summed E-state index contributed by atoms with van der Waals surface area (Å²) in [7, 11) is 0. The molecule has 1 aliphatic rings. The summed E-state index contributed by atoms with van der Waals surface area (Å²) in [5, 5.41) is 9.24. The van der Waals surface area contributed by atoms with Crippen molar-refractivity contribution in [1.82, 2.24) is 0 Å². The van der Waals surface area contributed by atoms with Crippen molar-refractivity contribution in [3.05, 3.63) is 23.8 Å². The number of carbonyl (C=O) groups is 1. The smallest absolute Gasteiger partial charge is 0.313 e. The Bertz CT molecular complexity index is 281. The first-order valence-corrected chi connectivity index (χ1v) is 4.97. The molecule has 13 heavy (non-hydrogen) atoms. The summed E-state index contributed by atoms with van der Waals surface area (Å²) in [6.45, 7) is 1.28. The predicted octanol–water partition coefficient (Wildman–Crippen LogP) is 2.31. The van der Waals surface area contributed by atoms with Gasteiger partial charge in [0.1, 0.15) is 11.6 Å². The molecule has 0 aromatic carbocycles. The number of allylic oxidation sites excluding steroid dienone is 3. The van der Waals surface area contributed by atoms with Gasteiger partial charge in [-0.1, -0.05) is 28.1 Å². The van der Waals surface area contributed by atoms with Crippen molar-refractivity contribution in [1.29, 1.82) is 0 Å². The molecule has 1 N–H and O–H groups in total. The number of alkyl halides is 2. The Labute approximate surface area is 84.3 Å². The molecule has 2 unspecified atom stereocenters. The lowest BCUT2D eigenvalue weighted by Gasteiger charge is -2.25. The highest BCUT2D eigenvalue weighted by molar-refractivity contribution is 9.09. The highest BCUT2D eigenvalue weighted by atomic mass is 79.9. The van der Waals surface area contributed by atoms with Crippen molar-refractivity contribution in [3.8, 4) is 0 Å². The normalized spacial score (nSPS) is 32.8. The monoisotopic (exact) mass is 248 g/mol. The summed E-state index contributed by atoms with van der Waals surface area (Å²) in [5.41, 5.74) is -1.02. The standard InChI is InChI=1S/C9H10BrFO2/c1-9(11)4-6(5-10)2-3-7(9)8(12)13/h2-4,7H,5H2,1H3,(H,12,13). The van der Waals surface area contributed by atoms with Crippen molar-refractivity contribution in [2.75, 3.05) is 5.33 Å². The first-order chi connectivity index (χ1) is 5.97. The van der Waals surface area contributed by atoms with Crippen LogP contribution in [-0.4, -0.2) is 22.1 Å². The fourth-order valence-electron chi connectivity index (χ4n) is 1.32. The molecule has 0 heterocycles. The molecule has 2 nitrogen and oxygen atoms in total. The minimum Gasteiger partial charge on any atom is -0.481 e. The van der Waals surface area contributed by atoms with Crippen molar-refractivity contribution >= 4 is 21.9 Å². The Kier molecular flexibility index (Phi) is 2.91. The van der Waals surface area contributed by atoms with Gasteiger partial charge < -0.3 is 5.11 Å². The second-order valence-electron chi connectivity index (χ2n) is 3.18. The van der Waals surface area contributed by atoms with Crippen LogP contribution in [0.3, 0.4) is 0 Å². The van der Waals surface area contributed by atoms with E-state index in [4.69, 9.17) is 5.11 Å². The van der Waals surface area contributed by atoms with Crippen LogP contribution in [0.15, 0.2) is 23.8 Å². The molecule has 0 radical (unpaired) electrons. The minimum absolute atomic E-state index is 0.537. The number of carboxylic acids is 1. The molecule has 0 aliphatic heterocycles. The molecule has 0 bridgehead atoms. The van der Waals surface area contributed by atoms with Crippen LogP contribution in [0.2, 0.25) is 0 Å². The third-order valence-corrected chi connectivity index (χ3v) is 2.65. The molecule has 2 atom stereocenters. The molecule has 4 heteroatoms. The summed E-state index contributed by atoms with van der Waals surface area (Å²) in [6, 6.07) is 0. The molecule has 0 saturated heterocycles. The number of carboxylic acid groups (broad SMARTS) is 1. The maximum atomic E-state index is 13.7. The molecule has 0 saturated carbocycles. The van der Waals surface area contributed by atoms with E-state index in [2.05, 4.69) is 15.9 Å². The SMILES string of the molecule is CC1(F)C=C(CBr)C=CC1C(=O)O. The molecule has 0 aromatic heterocycles. The Hall–Kier alpha value is -0.640. The van der Waals surface area contributed by atoms with Crippen molar-refractivity contribution in [3.63, 3.8) is 0 Å². The first kappa shape index (κ1) is 10.4. The zero-order chi connectivity index (χ0) is 10.1. The maximum absolute atomic E-state index is 13.7. The Morgan fingerprint density at radius 1 is 1.85 bits per heavy atom. The van der Waals surface area contributed by atoms with Crippen molar-refractivity contribution in [2.45, 2.75) is 12.6 Å². The average molecular weight is 249 g/mol. The largest absolute Gasteiger partial charge is 0.481 e. The van der Waals surface area contributed by atoms with Gasteiger partial charge in [0.25, 0.3) is 0 Å². The maximum Gasteiger partial charge on any atom is 0.313 e. The quantitative estimate of drug-likeness (QED) is 0.762. The van der Waals surface area contributed by atoms with Gasteiger partial charge in [0.05, 0.1) is 0 Å². The van der Waals surface area contributed by atoms with Crippen LogP contribution in [0.5, 0.6) is 0 Å². The third-order valence-electron chi connectivity index (χ3n) is 2.00. The van der Waals surface area contributed by atoms with Crippen LogP contribution < -0.4 is 0 Å². The van der Waals surface area contributed by atoms with Gasteiger partial charge in [0.15, 0.2) is 0 Å². The molecule has 0 spiro atoms. The topological polar surface area (TPSA) is 37.3 Å². The van der Waals surface area contributed by atoms with Crippen LogP contribution in [0.4, 0.5) is 4.39 Å². The highest BCUT2D eigenvalue weighted by Gasteiger charge is 2.37. The lowest BCUT2D eigenvalue weighted by atomic mass is 9.85. The van der Waals surface area contributed by atoms with Crippen LogP contribution in [0.25, 0.3) is 0 Å². The van der Waals surface area contributed by atoms with E-state index in [1.165, 1.54) is 19.1 Å². The number of rotatable bonds is 2. The molecule has 1 rings (SSSR count).